The Hall–Kier alpha value is -1.05. The molecule has 3 fully saturated rings. The number of esters is 1. The molecule has 3 aliphatic rings. The van der Waals surface area contributed by atoms with Gasteiger partial charge in [0.2, 0.25) is 0 Å². The number of rotatable bonds is 11. The fourth-order valence-corrected chi connectivity index (χ4v) is 4.84. The lowest BCUT2D eigenvalue weighted by Gasteiger charge is -2.48. The minimum Gasteiger partial charge on any atom is -0.469 e. The van der Waals surface area contributed by atoms with Crippen molar-refractivity contribution in [2.24, 2.45) is 0 Å². The SMILES string of the molecule is COC(=O)CCCCCO[C@H]1OC(C)[C@@H](O)[C@H](O[C@H]2OC(C)[C@@H](O)[C@H](O)C2O[C@H]2OC(C)[C@@H](O)[C@H](O)C2O)C1O. The topological polar surface area (TPSA) is 223 Å². The minimum absolute atomic E-state index is 0.190. The van der Waals surface area contributed by atoms with E-state index in [-0.39, 0.29) is 19.0 Å². The van der Waals surface area contributed by atoms with E-state index in [2.05, 4.69) is 4.74 Å². The van der Waals surface area contributed by atoms with E-state index >= 15 is 0 Å². The van der Waals surface area contributed by atoms with Crippen LogP contribution in [-0.2, 0) is 38.0 Å². The smallest absolute Gasteiger partial charge is 0.305 e. The summed E-state index contributed by atoms with van der Waals surface area (Å²) in [6, 6.07) is 0. The van der Waals surface area contributed by atoms with Crippen molar-refractivity contribution in [3.05, 3.63) is 0 Å². The van der Waals surface area contributed by atoms with Crippen molar-refractivity contribution in [1.29, 1.82) is 0 Å². The first kappa shape index (κ1) is 33.5. The number of hydrogen-bond donors (Lipinski definition) is 7. The zero-order chi connectivity index (χ0) is 29.7. The molecule has 3 heterocycles. The fraction of sp³-hybridized carbons (Fsp3) is 0.960. The summed E-state index contributed by atoms with van der Waals surface area (Å²) >= 11 is 0. The molecule has 40 heavy (non-hydrogen) atoms. The summed E-state index contributed by atoms with van der Waals surface area (Å²) < 4.78 is 38.7. The van der Waals surface area contributed by atoms with Crippen LogP contribution >= 0.6 is 0 Å². The number of aliphatic hydroxyl groups excluding tert-OH is 7. The normalized spacial score (nSPS) is 46.2. The lowest BCUT2D eigenvalue weighted by atomic mass is 9.96. The zero-order valence-corrected chi connectivity index (χ0v) is 23.1. The summed E-state index contributed by atoms with van der Waals surface area (Å²) in [5, 5.41) is 73.4. The highest BCUT2D eigenvalue weighted by Crippen LogP contribution is 2.33. The molecule has 3 aliphatic heterocycles. The van der Waals surface area contributed by atoms with Gasteiger partial charge in [-0.2, -0.15) is 0 Å². The molecule has 0 aromatic carbocycles. The molecular weight excluding hydrogens is 540 g/mol. The van der Waals surface area contributed by atoms with Gasteiger partial charge in [0.1, 0.15) is 54.9 Å². The van der Waals surface area contributed by atoms with Gasteiger partial charge in [-0.25, -0.2) is 0 Å². The van der Waals surface area contributed by atoms with Crippen molar-refractivity contribution in [1.82, 2.24) is 0 Å². The van der Waals surface area contributed by atoms with Crippen molar-refractivity contribution >= 4 is 5.97 Å². The monoisotopic (exact) mass is 584 g/mol. The van der Waals surface area contributed by atoms with E-state index in [4.69, 9.17) is 28.4 Å². The predicted octanol–water partition coefficient (Wildman–Crippen LogP) is -2.73. The van der Waals surface area contributed by atoms with Crippen LogP contribution in [0.3, 0.4) is 0 Å². The minimum atomic E-state index is -1.71. The van der Waals surface area contributed by atoms with Crippen molar-refractivity contribution in [2.75, 3.05) is 13.7 Å². The van der Waals surface area contributed by atoms with E-state index in [1.165, 1.54) is 21.0 Å². The Kier molecular flexibility index (Phi) is 12.5. The lowest BCUT2D eigenvalue weighted by Crippen LogP contribution is -2.65. The maximum atomic E-state index is 11.2. The highest BCUT2D eigenvalue weighted by Gasteiger charge is 2.52. The molecule has 15 heteroatoms. The Morgan fingerprint density at radius 2 is 1.15 bits per heavy atom. The molecule has 7 N–H and O–H groups in total. The second-order valence-corrected chi connectivity index (χ2v) is 10.5. The molecule has 234 valence electrons. The van der Waals surface area contributed by atoms with Crippen molar-refractivity contribution < 1.29 is 73.7 Å². The summed E-state index contributed by atoms with van der Waals surface area (Å²) in [4.78, 5) is 11.2. The predicted molar refractivity (Wildman–Crippen MR) is 131 cm³/mol. The number of unbranched alkanes of at least 4 members (excludes halogenated alkanes) is 2. The van der Waals surface area contributed by atoms with E-state index < -0.39 is 92.1 Å². The Balaban J connectivity index is 1.66. The van der Waals surface area contributed by atoms with E-state index in [1.807, 2.05) is 0 Å². The summed E-state index contributed by atoms with van der Waals surface area (Å²) in [6.07, 6.45) is -18.3. The van der Waals surface area contributed by atoms with E-state index in [9.17, 15) is 40.5 Å². The van der Waals surface area contributed by atoms with E-state index in [1.54, 1.807) is 6.92 Å². The standard InChI is InChI=1S/C25H44O15/c1-10-14(27)17(30)19(32)24(37-10)40-22-18(31)15(28)11(2)38-25(22)39-21-16(29)12(3)36-23(20(21)33)35-9-7-5-6-8-13(26)34-4/h10-12,14-25,27-33H,5-9H2,1-4H3/t10?,11?,12?,14-,15-,16-,17+,18+,19?,20?,21+,22?,23+,24-,25-/m1/s1. The second-order valence-electron chi connectivity index (χ2n) is 10.5. The van der Waals surface area contributed by atoms with E-state index in [0.29, 0.717) is 19.3 Å². The molecule has 15 nitrogen and oxygen atoms in total. The molecule has 0 aliphatic carbocycles. The second kappa shape index (κ2) is 14.9. The Bertz CT molecular complexity index is 787. The van der Waals surface area contributed by atoms with Gasteiger partial charge < -0.3 is 68.9 Å². The molecular formula is C25H44O15. The first-order valence-electron chi connectivity index (χ1n) is 13.6. The van der Waals surface area contributed by atoms with Crippen molar-refractivity contribution in [3.8, 4) is 0 Å². The van der Waals surface area contributed by atoms with Gasteiger partial charge in [-0.05, 0) is 33.6 Å². The van der Waals surface area contributed by atoms with E-state index in [0.717, 1.165) is 0 Å². The van der Waals surface area contributed by atoms with Gasteiger partial charge in [0, 0.05) is 13.0 Å². The van der Waals surface area contributed by atoms with Crippen molar-refractivity contribution in [3.63, 3.8) is 0 Å². The number of aliphatic hydroxyl groups is 7. The summed E-state index contributed by atoms with van der Waals surface area (Å²) in [7, 11) is 1.32. The molecule has 0 aromatic rings. The van der Waals surface area contributed by atoms with Crippen LogP contribution < -0.4 is 0 Å². The van der Waals surface area contributed by atoms with Crippen LogP contribution in [0.4, 0.5) is 0 Å². The maximum absolute atomic E-state index is 11.2. The third-order valence-corrected chi connectivity index (χ3v) is 7.49. The number of hydrogen-bond acceptors (Lipinski definition) is 15. The van der Waals surface area contributed by atoms with Gasteiger partial charge in [-0.15, -0.1) is 0 Å². The average molecular weight is 585 g/mol. The molecule has 0 radical (unpaired) electrons. The third kappa shape index (κ3) is 7.86. The molecule has 0 bridgehead atoms. The van der Waals surface area contributed by atoms with Crippen LogP contribution in [0, 0.1) is 0 Å². The molecule has 3 saturated heterocycles. The van der Waals surface area contributed by atoms with Crippen LogP contribution in [0.2, 0.25) is 0 Å². The van der Waals surface area contributed by atoms with Gasteiger partial charge in [0.25, 0.3) is 0 Å². The summed E-state index contributed by atoms with van der Waals surface area (Å²) in [6.45, 7) is 4.66. The summed E-state index contributed by atoms with van der Waals surface area (Å²) in [5.74, 6) is -0.304. The fourth-order valence-electron chi connectivity index (χ4n) is 4.84. The molecule has 6 unspecified atom stereocenters. The zero-order valence-electron chi connectivity index (χ0n) is 23.1. The Morgan fingerprint density at radius 1 is 0.600 bits per heavy atom. The lowest BCUT2D eigenvalue weighted by molar-refractivity contribution is -0.384. The molecule has 0 saturated carbocycles. The third-order valence-electron chi connectivity index (χ3n) is 7.49. The number of carbonyl (C=O) groups is 1. The first-order chi connectivity index (χ1) is 18.9. The van der Waals surface area contributed by atoms with Crippen LogP contribution in [0.25, 0.3) is 0 Å². The highest BCUT2D eigenvalue weighted by atomic mass is 16.8. The molecule has 3 rings (SSSR count). The van der Waals surface area contributed by atoms with Crippen LogP contribution in [-0.4, -0.2) is 148 Å². The van der Waals surface area contributed by atoms with Gasteiger partial charge in [-0.1, -0.05) is 6.42 Å². The van der Waals surface area contributed by atoms with Crippen LogP contribution in [0.15, 0.2) is 0 Å². The van der Waals surface area contributed by atoms with Crippen molar-refractivity contribution in [2.45, 2.75) is 139 Å². The molecule has 15 atom stereocenters. The quantitative estimate of drug-likeness (QED) is 0.0967. The first-order valence-corrected chi connectivity index (χ1v) is 13.6. The number of carbonyl (C=O) groups excluding carboxylic acids is 1. The maximum Gasteiger partial charge on any atom is 0.305 e. The Labute approximate surface area is 232 Å². The highest BCUT2D eigenvalue weighted by molar-refractivity contribution is 5.68. The number of ether oxygens (including phenoxy) is 7. The largest absolute Gasteiger partial charge is 0.469 e. The average Bonchev–Trinajstić information content (AvgIpc) is 2.93. The number of methoxy groups -OCH3 is 1. The van der Waals surface area contributed by atoms with Gasteiger partial charge in [0.05, 0.1) is 25.4 Å². The summed E-state index contributed by atoms with van der Waals surface area (Å²) in [5.41, 5.74) is 0. The Morgan fingerprint density at radius 3 is 1.80 bits per heavy atom. The van der Waals surface area contributed by atoms with Crippen LogP contribution in [0.5, 0.6) is 0 Å². The van der Waals surface area contributed by atoms with Gasteiger partial charge >= 0.3 is 5.97 Å². The van der Waals surface area contributed by atoms with Crippen LogP contribution in [0.1, 0.15) is 46.5 Å². The molecule has 0 amide bonds. The molecule has 0 spiro atoms. The van der Waals surface area contributed by atoms with Gasteiger partial charge in [0.15, 0.2) is 18.9 Å². The molecule has 0 aromatic heterocycles. The van der Waals surface area contributed by atoms with Gasteiger partial charge in [-0.3, -0.25) is 4.79 Å².